The molecule has 0 saturated carbocycles. The van der Waals surface area contributed by atoms with Crippen LogP contribution < -0.4 is 5.32 Å². The maximum Gasteiger partial charge on any atom is 0.0787 e. The molecule has 1 fully saturated rings. The molecule has 0 bridgehead atoms. The monoisotopic (exact) mass is 243 g/mol. The van der Waals surface area contributed by atoms with Crippen LogP contribution in [0.1, 0.15) is 20.8 Å². The highest BCUT2D eigenvalue weighted by Crippen LogP contribution is 2.15. The number of methoxy groups -OCH3 is 1. The standard InChI is InChI=1S/C13H29N3O/c1-6-15-7-9-16(10-8-15)11-12(14-4)13(2,3)17-5/h12,14H,6-11H2,1-5H3. The summed E-state index contributed by atoms with van der Waals surface area (Å²) >= 11 is 0. The largest absolute Gasteiger partial charge is 0.377 e. The van der Waals surface area contributed by atoms with Crippen LogP contribution >= 0.6 is 0 Å². The van der Waals surface area contributed by atoms with Crippen molar-refractivity contribution in [3.8, 4) is 0 Å². The Bertz CT molecular complexity index is 213. The Kier molecular flexibility index (Phi) is 5.86. The fourth-order valence-electron chi connectivity index (χ4n) is 2.35. The van der Waals surface area contributed by atoms with Gasteiger partial charge in [0.2, 0.25) is 0 Å². The first-order valence-corrected chi connectivity index (χ1v) is 6.70. The van der Waals surface area contributed by atoms with E-state index in [1.807, 2.05) is 7.05 Å². The highest BCUT2D eigenvalue weighted by atomic mass is 16.5. The number of nitrogens with zero attached hydrogens (tertiary/aromatic N) is 2. The molecule has 1 unspecified atom stereocenters. The lowest BCUT2D eigenvalue weighted by atomic mass is 9.98. The Morgan fingerprint density at radius 1 is 1.18 bits per heavy atom. The van der Waals surface area contributed by atoms with Crippen LogP contribution in [-0.4, -0.2) is 74.9 Å². The smallest absolute Gasteiger partial charge is 0.0787 e. The average molecular weight is 243 g/mol. The maximum atomic E-state index is 5.57. The van der Waals surface area contributed by atoms with E-state index in [0.29, 0.717) is 6.04 Å². The zero-order valence-corrected chi connectivity index (χ0v) is 12.1. The van der Waals surface area contributed by atoms with Gasteiger partial charge in [0.25, 0.3) is 0 Å². The molecular formula is C13H29N3O. The normalized spacial score (nSPS) is 21.7. The Balaban J connectivity index is 2.42. The average Bonchev–Trinajstić information content (AvgIpc) is 2.36. The van der Waals surface area contributed by atoms with Crippen LogP contribution in [0.4, 0.5) is 0 Å². The predicted octanol–water partition coefficient (Wildman–Crippen LogP) is 0.637. The van der Waals surface area contributed by atoms with Crippen LogP contribution in [0.2, 0.25) is 0 Å². The van der Waals surface area contributed by atoms with Crippen molar-refractivity contribution in [2.45, 2.75) is 32.4 Å². The van der Waals surface area contributed by atoms with E-state index in [9.17, 15) is 0 Å². The Labute approximate surface area is 106 Å². The molecule has 1 heterocycles. The molecule has 1 rings (SSSR count). The number of hydrogen-bond donors (Lipinski definition) is 1. The molecule has 102 valence electrons. The SMILES string of the molecule is CCN1CCN(CC(NC)C(C)(C)OC)CC1. The van der Waals surface area contributed by atoms with Gasteiger partial charge in [-0.15, -0.1) is 0 Å². The minimum Gasteiger partial charge on any atom is -0.377 e. The Morgan fingerprint density at radius 3 is 2.12 bits per heavy atom. The summed E-state index contributed by atoms with van der Waals surface area (Å²) in [4.78, 5) is 5.04. The Hall–Kier alpha value is -0.160. The first-order chi connectivity index (χ1) is 8.03. The number of hydrogen-bond acceptors (Lipinski definition) is 4. The van der Waals surface area contributed by atoms with Gasteiger partial charge in [0.05, 0.1) is 5.60 Å². The molecule has 1 aliphatic heterocycles. The summed E-state index contributed by atoms with van der Waals surface area (Å²) < 4.78 is 5.57. The fraction of sp³-hybridized carbons (Fsp3) is 1.00. The highest BCUT2D eigenvalue weighted by molar-refractivity contribution is 4.88. The van der Waals surface area contributed by atoms with Gasteiger partial charge in [0, 0.05) is 45.9 Å². The molecule has 4 heteroatoms. The minimum atomic E-state index is -0.114. The summed E-state index contributed by atoms with van der Waals surface area (Å²) in [7, 11) is 3.81. The lowest BCUT2D eigenvalue weighted by Crippen LogP contribution is -2.56. The molecule has 0 spiro atoms. The van der Waals surface area contributed by atoms with E-state index in [1.165, 1.54) is 32.7 Å². The van der Waals surface area contributed by atoms with Gasteiger partial charge in [-0.3, -0.25) is 4.90 Å². The van der Waals surface area contributed by atoms with Gasteiger partial charge < -0.3 is 15.0 Å². The van der Waals surface area contributed by atoms with Gasteiger partial charge in [-0.25, -0.2) is 0 Å². The van der Waals surface area contributed by atoms with Crippen molar-refractivity contribution in [1.29, 1.82) is 0 Å². The Morgan fingerprint density at radius 2 is 1.71 bits per heavy atom. The van der Waals surface area contributed by atoms with E-state index >= 15 is 0 Å². The van der Waals surface area contributed by atoms with Crippen LogP contribution in [-0.2, 0) is 4.74 Å². The molecule has 1 N–H and O–H groups in total. The number of rotatable bonds is 6. The maximum absolute atomic E-state index is 5.57. The summed E-state index contributed by atoms with van der Waals surface area (Å²) in [5.41, 5.74) is -0.114. The molecule has 0 aromatic heterocycles. The molecule has 0 aromatic carbocycles. The van der Waals surface area contributed by atoms with Crippen LogP contribution in [0.25, 0.3) is 0 Å². The molecule has 0 aromatic rings. The summed E-state index contributed by atoms with van der Waals surface area (Å²) in [5, 5.41) is 3.39. The summed E-state index contributed by atoms with van der Waals surface area (Å²) in [5.74, 6) is 0. The quantitative estimate of drug-likeness (QED) is 0.741. The summed E-state index contributed by atoms with van der Waals surface area (Å²) in [6.07, 6.45) is 0. The van der Waals surface area contributed by atoms with Crippen molar-refractivity contribution in [3.63, 3.8) is 0 Å². The number of likely N-dealkylation sites (N-methyl/N-ethyl adjacent to an activating group) is 2. The minimum absolute atomic E-state index is 0.114. The van der Waals surface area contributed by atoms with E-state index < -0.39 is 0 Å². The van der Waals surface area contributed by atoms with Gasteiger partial charge in [-0.05, 0) is 27.4 Å². The van der Waals surface area contributed by atoms with Gasteiger partial charge in [-0.2, -0.15) is 0 Å². The molecule has 1 saturated heterocycles. The second kappa shape index (κ2) is 6.69. The third-order valence-electron chi connectivity index (χ3n) is 4.07. The third kappa shape index (κ3) is 4.21. The van der Waals surface area contributed by atoms with Crippen LogP contribution in [0.3, 0.4) is 0 Å². The first-order valence-electron chi connectivity index (χ1n) is 6.70. The van der Waals surface area contributed by atoms with E-state index in [4.69, 9.17) is 4.74 Å². The van der Waals surface area contributed by atoms with E-state index in [2.05, 4.69) is 35.9 Å². The van der Waals surface area contributed by atoms with Crippen molar-refractivity contribution in [3.05, 3.63) is 0 Å². The van der Waals surface area contributed by atoms with E-state index in [-0.39, 0.29) is 5.60 Å². The van der Waals surface area contributed by atoms with Crippen molar-refractivity contribution >= 4 is 0 Å². The predicted molar refractivity (Wildman–Crippen MR) is 72.5 cm³/mol. The van der Waals surface area contributed by atoms with E-state index in [1.54, 1.807) is 7.11 Å². The molecule has 4 nitrogen and oxygen atoms in total. The molecule has 0 aliphatic carbocycles. The fourth-order valence-corrected chi connectivity index (χ4v) is 2.35. The molecule has 1 aliphatic rings. The summed E-state index contributed by atoms with van der Waals surface area (Å²) in [6, 6.07) is 0.376. The number of piperazine rings is 1. The van der Waals surface area contributed by atoms with Crippen LogP contribution in [0.5, 0.6) is 0 Å². The molecule has 0 amide bonds. The second-order valence-corrected chi connectivity index (χ2v) is 5.38. The van der Waals surface area contributed by atoms with Crippen molar-refractivity contribution in [1.82, 2.24) is 15.1 Å². The third-order valence-corrected chi connectivity index (χ3v) is 4.07. The lowest BCUT2D eigenvalue weighted by molar-refractivity contribution is -0.0215. The molecule has 1 atom stereocenters. The van der Waals surface area contributed by atoms with Gasteiger partial charge in [-0.1, -0.05) is 6.92 Å². The zero-order chi connectivity index (χ0) is 12.9. The van der Waals surface area contributed by atoms with Gasteiger partial charge >= 0.3 is 0 Å². The van der Waals surface area contributed by atoms with Gasteiger partial charge in [0.15, 0.2) is 0 Å². The van der Waals surface area contributed by atoms with Crippen LogP contribution in [0.15, 0.2) is 0 Å². The van der Waals surface area contributed by atoms with Crippen molar-refractivity contribution in [2.24, 2.45) is 0 Å². The first kappa shape index (κ1) is 14.9. The number of ether oxygens (including phenoxy) is 1. The molecule has 17 heavy (non-hydrogen) atoms. The van der Waals surface area contributed by atoms with Crippen molar-refractivity contribution < 1.29 is 4.74 Å². The second-order valence-electron chi connectivity index (χ2n) is 5.38. The van der Waals surface area contributed by atoms with Crippen molar-refractivity contribution in [2.75, 3.05) is 53.4 Å². The molecule has 0 radical (unpaired) electrons. The van der Waals surface area contributed by atoms with Crippen LogP contribution in [0, 0.1) is 0 Å². The van der Waals surface area contributed by atoms with E-state index in [0.717, 1.165) is 6.54 Å². The lowest BCUT2D eigenvalue weighted by Gasteiger charge is -2.40. The molecular weight excluding hydrogens is 214 g/mol. The number of nitrogens with one attached hydrogen (secondary N) is 1. The zero-order valence-electron chi connectivity index (χ0n) is 12.1. The summed E-state index contributed by atoms with van der Waals surface area (Å²) in [6.45, 7) is 13.5. The highest BCUT2D eigenvalue weighted by Gasteiger charge is 2.30. The topological polar surface area (TPSA) is 27.7 Å². The van der Waals surface area contributed by atoms with Gasteiger partial charge in [0.1, 0.15) is 0 Å².